The van der Waals surface area contributed by atoms with Gasteiger partial charge in [0, 0.05) is 10.9 Å². The molecule has 2 heteroatoms. The fourth-order valence-electron chi connectivity index (χ4n) is 1.31. The van der Waals surface area contributed by atoms with Crippen LogP contribution in [0.1, 0.15) is 24.1 Å². The van der Waals surface area contributed by atoms with Crippen LogP contribution in [-0.4, -0.2) is 6.04 Å². The maximum atomic E-state index is 5.98. The molecule has 0 aromatic carbocycles. The van der Waals surface area contributed by atoms with Gasteiger partial charge >= 0.3 is 0 Å². The van der Waals surface area contributed by atoms with Crippen LogP contribution in [0.15, 0.2) is 30.2 Å². The fourth-order valence-corrected chi connectivity index (χ4v) is 2.11. The molecule has 13 heavy (non-hydrogen) atoms. The Bertz CT molecular complexity index is 228. The van der Waals surface area contributed by atoms with E-state index in [4.69, 9.17) is 5.73 Å². The standard InChI is InChI=1S/C11H17NS/c1-2-3-4-6-10(12)9-11-7-5-8-13-11/h2,5,7-8,10H,1,3-4,6,9,12H2. The molecule has 1 unspecified atom stereocenters. The van der Waals surface area contributed by atoms with Crippen molar-refractivity contribution in [3.05, 3.63) is 35.0 Å². The number of thiophene rings is 1. The summed E-state index contributed by atoms with van der Waals surface area (Å²) in [4.78, 5) is 1.39. The smallest absolute Gasteiger partial charge is 0.00873 e. The maximum Gasteiger partial charge on any atom is 0.00873 e. The molecule has 2 N–H and O–H groups in total. The summed E-state index contributed by atoms with van der Waals surface area (Å²) in [6, 6.07) is 4.55. The summed E-state index contributed by atoms with van der Waals surface area (Å²) >= 11 is 1.79. The number of rotatable bonds is 6. The lowest BCUT2D eigenvalue weighted by Crippen LogP contribution is -2.21. The summed E-state index contributed by atoms with van der Waals surface area (Å²) in [6.07, 6.45) is 6.32. The molecule has 0 bridgehead atoms. The first-order chi connectivity index (χ1) is 6.33. The zero-order chi connectivity index (χ0) is 9.52. The summed E-state index contributed by atoms with van der Waals surface area (Å²) in [5.41, 5.74) is 5.98. The molecule has 0 amide bonds. The third-order valence-electron chi connectivity index (χ3n) is 2.03. The summed E-state index contributed by atoms with van der Waals surface area (Å²) in [5, 5.41) is 2.10. The molecular weight excluding hydrogens is 178 g/mol. The van der Waals surface area contributed by atoms with E-state index in [0.29, 0.717) is 6.04 Å². The van der Waals surface area contributed by atoms with Crippen molar-refractivity contribution < 1.29 is 0 Å². The first-order valence-corrected chi connectivity index (χ1v) is 5.59. The summed E-state index contributed by atoms with van der Waals surface area (Å²) in [6.45, 7) is 3.69. The highest BCUT2D eigenvalue weighted by Crippen LogP contribution is 2.12. The largest absolute Gasteiger partial charge is 0.327 e. The maximum absolute atomic E-state index is 5.98. The van der Waals surface area contributed by atoms with Crippen molar-refractivity contribution in [3.8, 4) is 0 Å². The van der Waals surface area contributed by atoms with Gasteiger partial charge in [0.25, 0.3) is 0 Å². The van der Waals surface area contributed by atoms with Gasteiger partial charge in [0.1, 0.15) is 0 Å². The molecule has 0 spiro atoms. The molecule has 1 aromatic heterocycles. The van der Waals surface area contributed by atoms with Gasteiger partial charge in [-0.15, -0.1) is 17.9 Å². The minimum Gasteiger partial charge on any atom is -0.327 e. The van der Waals surface area contributed by atoms with Gasteiger partial charge in [0.2, 0.25) is 0 Å². The molecule has 0 saturated heterocycles. The normalized spacial score (nSPS) is 12.7. The number of allylic oxidation sites excluding steroid dienone is 1. The highest BCUT2D eigenvalue weighted by molar-refractivity contribution is 7.09. The second-order valence-corrected chi connectivity index (χ2v) is 4.30. The summed E-state index contributed by atoms with van der Waals surface area (Å²) in [5.74, 6) is 0. The quantitative estimate of drug-likeness (QED) is 0.548. The SMILES string of the molecule is C=CCCCC(N)Cc1cccs1. The zero-order valence-corrected chi connectivity index (χ0v) is 8.72. The number of hydrogen-bond acceptors (Lipinski definition) is 2. The van der Waals surface area contributed by atoms with Crippen molar-refractivity contribution in [1.82, 2.24) is 0 Å². The van der Waals surface area contributed by atoms with E-state index in [2.05, 4.69) is 24.1 Å². The van der Waals surface area contributed by atoms with Crippen LogP contribution >= 0.6 is 11.3 Å². The topological polar surface area (TPSA) is 26.0 Å². The van der Waals surface area contributed by atoms with E-state index in [-0.39, 0.29) is 0 Å². The average Bonchev–Trinajstić information content (AvgIpc) is 2.57. The van der Waals surface area contributed by atoms with Crippen molar-refractivity contribution in [1.29, 1.82) is 0 Å². The van der Waals surface area contributed by atoms with Crippen LogP contribution in [0.5, 0.6) is 0 Å². The molecule has 0 radical (unpaired) electrons. The Kier molecular flexibility index (Phi) is 4.79. The van der Waals surface area contributed by atoms with Gasteiger partial charge in [0.15, 0.2) is 0 Å². The van der Waals surface area contributed by atoms with Crippen molar-refractivity contribution in [2.75, 3.05) is 0 Å². The summed E-state index contributed by atoms with van der Waals surface area (Å²) < 4.78 is 0. The van der Waals surface area contributed by atoms with Gasteiger partial charge in [-0.3, -0.25) is 0 Å². The molecule has 1 heterocycles. The van der Waals surface area contributed by atoms with E-state index in [1.165, 1.54) is 4.88 Å². The lowest BCUT2D eigenvalue weighted by atomic mass is 10.1. The van der Waals surface area contributed by atoms with E-state index in [0.717, 1.165) is 25.7 Å². The highest BCUT2D eigenvalue weighted by Gasteiger charge is 2.03. The van der Waals surface area contributed by atoms with Crippen molar-refractivity contribution in [2.45, 2.75) is 31.7 Å². The van der Waals surface area contributed by atoms with Crippen LogP contribution in [0.4, 0.5) is 0 Å². The Morgan fingerprint density at radius 1 is 1.62 bits per heavy atom. The molecule has 1 atom stereocenters. The Hall–Kier alpha value is -0.600. The van der Waals surface area contributed by atoms with Crippen LogP contribution in [0.3, 0.4) is 0 Å². The molecule has 1 rings (SSSR count). The Balaban J connectivity index is 2.17. The molecule has 0 aliphatic heterocycles. The Labute approximate surface area is 84.3 Å². The lowest BCUT2D eigenvalue weighted by molar-refractivity contribution is 0.588. The van der Waals surface area contributed by atoms with Crippen molar-refractivity contribution in [3.63, 3.8) is 0 Å². The van der Waals surface area contributed by atoms with Gasteiger partial charge in [-0.2, -0.15) is 0 Å². The van der Waals surface area contributed by atoms with Crippen LogP contribution in [0.2, 0.25) is 0 Å². The zero-order valence-electron chi connectivity index (χ0n) is 7.91. The minimum atomic E-state index is 0.318. The molecule has 0 saturated carbocycles. The van der Waals surface area contributed by atoms with Crippen molar-refractivity contribution >= 4 is 11.3 Å². The third-order valence-corrected chi connectivity index (χ3v) is 2.93. The van der Waals surface area contributed by atoms with Gasteiger partial charge in [-0.25, -0.2) is 0 Å². The number of hydrogen-bond donors (Lipinski definition) is 1. The fraction of sp³-hybridized carbons (Fsp3) is 0.455. The van der Waals surface area contributed by atoms with Gasteiger partial charge in [-0.1, -0.05) is 12.1 Å². The van der Waals surface area contributed by atoms with Gasteiger partial charge < -0.3 is 5.73 Å². The molecule has 0 fully saturated rings. The summed E-state index contributed by atoms with van der Waals surface area (Å²) in [7, 11) is 0. The molecule has 0 aliphatic rings. The van der Waals surface area contributed by atoms with Crippen molar-refractivity contribution in [2.24, 2.45) is 5.73 Å². The molecule has 72 valence electrons. The molecule has 0 aliphatic carbocycles. The van der Waals surface area contributed by atoms with Crippen LogP contribution in [-0.2, 0) is 6.42 Å². The number of unbranched alkanes of at least 4 members (excludes halogenated alkanes) is 1. The van der Waals surface area contributed by atoms with E-state index in [9.17, 15) is 0 Å². The molecule has 1 aromatic rings. The number of nitrogens with two attached hydrogens (primary N) is 1. The third kappa shape index (κ3) is 4.25. The van der Waals surface area contributed by atoms with E-state index in [1.54, 1.807) is 11.3 Å². The minimum absolute atomic E-state index is 0.318. The van der Waals surface area contributed by atoms with Crippen LogP contribution < -0.4 is 5.73 Å². The predicted octanol–water partition coefficient (Wildman–Crippen LogP) is 2.97. The average molecular weight is 195 g/mol. The van der Waals surface area contributed by atoms with E-state index in [1.807, 2.05) is 6.08 Å². The lowest BCUT2D eigenvalue weighted by Gasteiger charge is -2.08. The van der Waals surface area contributed by atoms with Crippen LogP contribution in [0, 0.1) is 0 Å². The highest BCUT2D eigenvalue weighted by atomic mass is 32.1. The molecular formula is C11H17NS. The van der Waals surface area contributed by atoms with Gasteiger partial charge in [0.05, 0.1) is 0 Å². The second-order valence-electron chi connectivity index (χ2n) is 3.26. The van der Waals surface area contributed by atoms with E-state index < -0.39 is 0 Å². The van der Waals surface area contributed by atoms with E-state index >= 15 is 0 Å². The predicted molar refractivity (Wildman–Crippen MR) is 60.0 cm³/mol. The van der Waals surface area contributed by atoms with Gasteiger partial charge in [-0.05, 0) is 37.1 Å². The first-order valence-electron chi connectivity index (χ1n) is 4.72. The monoisotopic (exact) mass is 195 g/mol. The Morgan fingerprint density at radius 3 is 3.08 bits per heavy atom. The first kappa shape index (κ1) is 10.5. The van der Waals surface area contributed by atoms with Crippen LogP contribution in [0.25, 0.3) is 0 Å². The molecule has 1 nitrogen and oxygen atoms in total. The Morgan fingerprint density at radius 2 is 2.46 bits per heavy atom. The second kappa shape index (κ2) is 5.95.